The van der Waals surface area contributed by atoms with E-state index in [0.717, 1.165) is 28.0 Å². The molecule has 4 aromatic rings. The Morgan fingerprint density at radius 2 is 2.00 bits per heavy atom. The van der Waals surface area contributed by atoms with Crippen LogP contribution in [-0.4, -0.2) is 28.3 Å². The summed E-state index contributed by atoms with van der Waals surface area (Å²) in [6, 6.07) is 16.6. The van der Waals surface area contributed by atoms with E-state index in [9.17, 15) is 13.6 Å². The number of nitrogens with one attached hydrogen (secondary N) is 1. The molecule has 2 aliphatic rings. The van der Waals surface area contributed by atoms with Crippen LogP contribution < -0.4 is 10.1 Å². The molecule has 0 radical (unpaired) electrons. The number of rotatable bonds is 4. The molecular formula is C26H21F2N3O2S. The van der Waals surface area contributed by atoms with Crippen molar-refractivity contribution in [1.29, 1.82) is 0 Å². The van der Waals surface area contributed by atoms with Crippen molar-refractivity contribution >= 4 is 28.7 Å². The lowest BCUT2D eigenvalue weighted by molar-refractivity contribution is -0.0507. The number of benzene rings is 3. The third kappa shape index (κ3) is 3.20. The van der Waals surface area contributed by atoms with Gasteiger partial charge in [-0.2, -0.15) is 8.78 Å². The zero-order valence-corrected chi connectivity index (χ0v) is 19.3. The zero-order valence-electron chi connectivity index (χ0n) is 18.5. The molecular weight excluding hydrogens is 456 g/mol. The predicted molar refractivity (Wildman–Crippen MR) is 128 cm³/mol. The number of hydrogen-bond donors (Lipinski definition) is 1. The minimum atomic E-state index is -2.98. The lowest BCUT2D eigenvalue weighted by atomic mass is 9.97. The quantitative estimate of drug-likeness (QED) is 0.360. The van der Waals surface area contributed by atoms with Crippen LogP contribution in [0.25, 0.3) is 22.2 Å². The van der Waals surface area contributed by atoms with Gasteiger partial charge in [-0.1, -0.05) is 18.2 Å². The Labute approximate surface area is 199 Å². The number of nitrogens with zero attached hydrogens (tertiary/aromatic N) is 2. The SMILES string of the molecule is CSc1ccc(-c2ccc3nc4n(c3c2)[C@@H]2C[C@H]4NC(=O)c3cccc(OC(F)F)c32)c(C)c1. The van der Waals surface area contributed by atoms with E-state index < -0.39 is 6.61 Å². The third-order valence-corrected chi connectivity index (χ3v) is 7.43. The van der Waals surface area contributed by atoms with Gasteiger partial charge >= 0.3 is 6.61 Å². The number of imidazole rings is 1. The molecule has 2 atom stereocenters. The number of carbonyl (C=O) groups excluding carboxylic acids is 1. The number of aryl methyl sites for hydroxylation is 1. The first-order valence-electron chi connectivity index (χ1n) is 11.0. The second-order valence-electron chi connectivity index (χ2n) is 8.60. The molecule has 1 aromatic heterocycles. The normalized spacial score (nSPS) is 18.6. The monoisotopic (exact) mass is 477 g/mol. The van der Waals surface area contributed by atoms with E-state index in [1.165, 1.54) is 16.5 Å². The van der Waals surface area contributed by atoms with Crippen molar-refractivity contribution in [3.05, 3.63) is 77.1 Å². The number of carbonyl (C=O) groups is 1. The fourth-order valence-electron chi connectivity index (χ4n) is 5.26. The summed E-state index contributed by atoms with van der Waals surface area (Å²) in [5, 5.41) is 3.02. The third-order valence-electron chi connectivity index (χ3n) is 6.71. The number of amides is 1. The first-order chi connectivity index (χ1) is 16.4. The molecule has 0 aliphatic carbocycles. The maximum atomic E-state index is 13.2. The van der Waals surface area contributed by atoms with Gasteiger partial charge in [0.15, 0.2) is 0 Å². The molecule has 0 unspecified atom stereocenters. The largest absolute Gasteiger partial charge is 0.434 e. The van der Waals surface area contributed by atoms with Gasteiger partial charge in [-0.15, -0.1) is 11.8 Å². The van der Waals surface area contributed by atoms with E-state index in [2.05, 4.69) is 47.3 Å². The summed E-state index contributed by atoms with van der Waals surface area (Å²) in [5.41, 5.74) is 5.90. The number of halogens is 2. The van der Waals surface area contributed by atoms with Crippen molar-refractivity contribution in [3.8, 4) is 16.9 Å². The van der Waals surface area contributed by atoms with Crippen LogP contribution in [0.5, 0.6) is 5.75 Å². The molecule has 8 heteroatoms. The van der Waals surface area contributed by atoms with Gasteiger partial charge < -0.3 is 14.6 Å². The smallest absolute Gasteiger partial charge is 0.387 e. The van der Waals surface area contributed by atoms with E-state index >= 15 is 0 Å². The molecule has 172 valence electrons. The topological polar surface area (TPSA) is 56.2 Å². The van der Waals surface area contributed by atoms with Gasteiger partial charge in [0.05, 0.1) is 23.1 Å². The molecule has 0 fully saturated rings. The summed E-state index contributed by atoms with van der Waals surface area (Å²) >= 11 is 1.70. The fourth-order valence-corrected chi connectivity index (χ4v) is 5.76. The number of fused-ring (bicyclic) bond motifs is 9. The fraction of sp³-hybridized carbons (Fsp3) is 0.231. The maximum Gasteiger partial charge on any atom is 0.387 e. The number of thioether (sulfide) groups is 1. The molecule has 0 saturated heterocycles. The standard InChI is InChI=1S/C26H21F2N3O2S/c1-13-10-15(34-2)7-8-16(13)14-6-9-18-20(11-14)31-21-12-19(24(31)29-18)30-25(32)17-4-3-5-22(23(17)21)33-26(27)28/h3-11,19,21,26H,12H2,1-2H3,(H,30,32)/t19-,21-/m1/s1. The van der Waals surface area contributed by atoms with E-state index in [-0.39, 0.29) is 23.7 Å². The van der Waals surface area contributed by atoms with Crippen molar-refractivity contribution < 1.29 is 18.3 Å². The highest BCUT2D eigenvalue weighted by atomic mass is 32.2. The Hall–Kier alpha value is -3.39. The molecule has 1 N–H and O–H groups in total. The number of alkyl halides is 2. The Morgan fingerprint density at radius 3 is 2.76 bits per heavy atom. The van der Waals surface area contributed by atoms with Crippen molar-refractivity contribution in [2.45, 2.75) is 36.9 Å². The molecule has 2 aliphatic heterocycles. The maximum absolute atomic E-state index is 13.2. The van der Waals surface area contributed by atoms with Gasteiger partial charge in [0.1, 0.15) is 11.6 Å². The van der Waals surface area contributed by atoms with Gasteiger partial charge in [-0.05, 0) is 72.7 Å². The number of aromatic nitrogens is 2. The predicted octanol–water partition coefficient (Wildman–Crippen LogP) is 6.11. The summed E-state index contributed by atoms with van der Waals surface area (Å²) in [7, 11) is 0. The van der Waals surface area contributed by atoms with Gasteiger partial charge in [0, 0.05) is 16.0 Å². The van der Waals surface area contributed by atoms with E-state index in [1.54, 1.807) is 23.9 Å². The van der Waals surface area contributed by atoms with Crippen molar-refractivity contribution in [2.75, 3.05) is 6.26 Å². The first-order valence-corrected chi connectivity index (χ1v) is 12.2. The van der Waals surface area contributed by atoms with Crippen LogP contribution in [0.3, 0.4) is 0 Å². The average Bonchev–Trinajstić information content (AvgIpc) is 3.30. The first kappa shape index (κ1) is 21.2. The highest BCUT2D eigenvalue weighted by molar-refractivity contribution is 7.98. The van der Waals surface area contributed by atoms with Crippen molar-refractivity contribution in [3.63, 3.8) is 0 Å². The molecule has 5 nitrogen and oxygen atoms in total. The summed E-state index contributed by atoms with van der Waals surface area (Å²) in [6.07, 6.45) is 2.59. The van der Waals surface area contributed by atoms with Crippen LogP contribution in [0.2, 0.25) is 0 Å². The van der Waals surface area contributed by atoms with Gasteiger partial charge in [0.2, 0.25) is 0 Å². The molecule has 34 heavy (non-hydrogen) atoms. The second kappa shape index (κ2) is 7.84. The summed E-state index contributed by atoms with van der Waals surface area (Å²) in [5.74, 6) is 0.464. The van der Waals surface area contributed by atoms with Crippen LogP contribution in [0, 0.1) is 6.92 Å². The highest BCUT2D eigenvalue weighted by Gasteiger charge is 2.42. The highest BCUT2D eigenvalue weighted by Crippen LogP contribution is 2.47. The van der Waals surface area contributed by atoms with Crippen LogP contribution >= 0.6 is 11.8 Å². The minimum absolute atomic E-state index is 0.0302. The summed E-state index contributed by atoms with van der Waals surface area (Å²) in [4.78, 5) is 18.9. The molecule has 1 amide bonds. The Kier molecular flexibility index (Phi) is 4.88. The molecule has 3 heterocycles. The lowest BCUT2D eigenvalue weighted by Crippen LogP contribution is -2.28. The Bertz CT molecular complexity index is 1470. The molecule has 6 rings (SSSR count). The van der Waals surface area contributed by atoms with E-state index in [4.69, 9.17) is 9.72 Å². The molecule has 3 aromatic carbocycles. The van der Waals surface area contributed by atoms with Crippen LogP contribution in [0.15, 0.2) is 59.5 Å². The average molecular weight is 478 g/mol. The number of hydrogen-bond acceptors (Lipinski definition) is 4. The van der Waals surface area contributed by atoms with Crippen LogP contribution in [0.4, 0.5) is 8.78 Å². The molecule has 0 saturated carbocycles. The summed E-state index contributed by atoms with van der Waals surface area (Å²) in [6.45, 7) is -0.885. The lowest BCUT2D eigenvalue weighted by Gasteiger charge is -2.21. The Balaban J connectivity index is 1.55. The Morgan fingerprint density at radius 1 is 1.15 bits per heavy atom. The van der Waals surface area contributed by atoms with Crippen molar-refractivity contribution in [1.82, 2.24) is 14.9 Å². The van der Waals surface area contributed by atoms with Crippen LogP contribution in [0.1, 0.15) is 45.8 Å². The number of ether oxygens (including phenoxy) is 1. The zero-order chi connectivity index (χ0) is 23.6. The van der Waals surface area contributed by atoms with E-state index in [1.807, 2.05) is 12.1 Å². The van der Waals surface area contributed by atoms with Crippen molar-refractivity contribution in [2.24, 2.45) is 0 Å². The van der Waals surface area contributed by atoms with Gasteiger partial charge in [-0.3, -0.25) is 4.79 Å². The second-order valence-corrected chi connectivity index (χ2v) is 9.48. The summed E-state index contributed by atoms with van der Waals surface area (Å²) < 4.78 is 33.3. The molecule has 0 spiro atoms. The van der Waals surface area contributed by atoms with E-state index in [0.29, 0.717) is 17.5 Å². The van der Waals surface area contributed by atoms with Gasteiger partial charge in [-0.25, -0.2) is 4.98 Å². The van der Waals surface area contributed by atoms with Crippen LogP contribution in [-0.2, 0) is 0 Å². The van der Waals surface area contributed by atoms with Gasteiger partial charge in [0.25, 0.3) is 5.91 Å². The minimum Gasteiger partial charge on any atom is -0.434 e. The molecule has 2 bridgehead atoms.